The predicted molar refractivity (Wildman–Crippen MR) is 119 cm³/mol. The Labute approximate surface area is 170 Å². The molecule has 0 amide bonds. The molecule has 0 atom stereocenters. The van der Waals surface area contributed by atoms with Gasteiger partial charge in [-0.15, -0.1) is 0 Å². The van der Waals surface area contributed by atoms with Crippen LogP contribution in [0.25, 0.3) is 22.0 Å². The Morgan fingerprint density at radius 1 is 1.10 bits per heavy atom. The van der Waals surface area contributed by atoms with E-state index in [9.17, 15) is 4.39 Å². The molecular formula is C25H24FN3. The van der Waals surface area contributed by atoms with E-state index >= 15 is 0 Å². The second-order valence-electron chi connectivity index (χ2n) is 7.35. The molecule has 4 heteroatoms. The summed E-state index contributed by atoms with van der Waals surface area (Å²) in [6.45, 7) is 4.23. The maximum Gasteiger partial charge on any atom is 0.134 e. The maximum absolute atomic E-state index is 13.9. The van der Waals surface area contributed by atoms with Crippen LogP contribution >= 0.6 is 0 Å². The van der Waals surface area contributed by atoms with Crippen LogP contribution in [0.5, 0.6) is 0 Å². The molecule has 146 valence electrons. The molecule has 1 heterocycles. The number of allylic oxidation sites excluding steroid dienone is 6. The zero-order valence-corrected chi connectivity index (χ0v) is 16.7. The predicted octanol–water partition coefficient (Wildman–Crippen LogP) is 6.12. The number of benzene rings is 2. The highest BCUT2D eigenvalue weighted by Gasteiger charge is 2.18. The molecule has 1 aliphatic rings. The molecule has 0 bridgehead atoms. The largest absolute Gasteiger partial charge is 0.383 e. The summed E-state index contributed by atoms with van der Waals surface area (Å²) in [5.41, 5.74) is 13.6. The Kier molecular flexibility index (Phi) is 5.26. The number of halogens is 1. The fourth-order valence-corrected chi connectivity index (χ4v) is 3.96. The van der Waals surface area contributed by atoms with Gasteiger partial charge < -0.3 is 5.73 Å². The number of anilines is 1. The summed E-state index contributed by atoms with van der Waals surface area (Å²) in [5, 5.41) is 0.837. The van der Waals surface area contributed by atoms with Crippen LogP contribution in [-0.2, 0) is 6.42 Å². The number of nitrogen functional groups attached to an aromatic ring is 1. The summed E-state index contributed by atoms with van der Waals surface area (Å²) in [6, 6.07) is 11.2. The number of hydrogen-bond donors (Lipinski definition) is 1. The van der Waals surface area contributed by atoms with Crippen LogP contribution in [0.3, 0.4) is 0 Å². The number of rotatable bonds is 3. The number of hydrogen-bond acceptors (Lipinski definition) is 3. The van der Waals surface area contributed by atoms with E-state index in [0.29, 0.717) is 5.82 Å². The molecule has 0 unspecified atom stereocenters. The lowest BCUT2D eigenvalue weighted by Gasteiger charge is -2.21. The SMILES string of the molecule is CCc1cc(F)ccc1C1=C(C)CCC=CC=C1c1ccc2ncnc(N)c2c1. The normalized spacial score (nSPS) is 14.7. The van der Waals surface area contributed by atoms with Gasteiger partial charge in [-0.2, -0.15) is 0 Å². The van der Waals surface area contributed by atoms with Crippen LogP contribution < -0.4 is 5.73 Å². The summed E-state index contributed by atoms with van der Waals surface area (Å²) in [4.78, 5) is 8.45. The van der Waals surface area contributed by atoms with Crippen molar-refractivity contribution >= 4 is 27.9 Å². The topological polar surface area (TPSA) is 51.8 Å². The van der Waals surface area contributed by atoms with Gasteiger partial charge in [0.25, 0.3) is 0 Å². The Morgan fingerprint density at radius 2 is 1.97 bits per heavy atom. The first-order valence-electron chi connectivity index (χ1n) is 9.95. The minimum absolute atomic E-state index is 0.198. The van der Waals surface area contributed by atoms with Crippen molar-refractivity contribution in [3.8, 4) is 0 Å². The number of nitrogens with two attached hydrogens (primary N) is 1. The van der Waals surface area contributed by atoms with E-state index in [1.807, 2.05) is 18.2 Å². The molecule has 1 aromatic heterocycles. The lowest BCUT2D eigenvalue weighted by atomic mass is 9.83. The molecule has 0 saturated carbocycles. The van der Waals surface area contributed by atoms with E-state index in [-0.39, 0.29) is 5.82 Å². The first-order valence-corrected chi connectivity index (χ1v) is 9.95. The Bertz CT molecular complexity index is 1170. The number of fused-ring (bicyclic) bond motifs is 1. The van der Waals surface area contributed by atoms with Crippen molar-refractivity contribution in [1.82, 2.24) is 9.97 Å². The molecular weight excluding hydrogens is 361 g/mol. The van der Waals surface area contributed by atoms with Crippen LogP contribution in [0.1, 0.15) is 43.4 Å². The first kappa shape index (κ1) is 19.1. The number of nitrogens with zero attached hydrogens (tertiary/aromatic N) is 2. The Hall–Kier alpha value is -3.27. The van der Waals surface area contributed by atoms with E-state index in [4.69, 9.17) is 5.73 Å². The standard InChI is InChI=1S/C25H24FN3/c1-3-17-13-19(26)10-11-21(17)24-16(2)7-5-4-6-8-20(24)18-9-12-23-22(14-18)25(27)29-15-28-23/h4,6,8-15H,3,5,7H2,1-2H3,(H2,27,28,29). The van der Waals surface area contributed by atoms with Gasteiger partial charge in [0.15, 0.2) is 0 Å². The summed E-state index contributed by atoms with van der Waals surface area (Å²) in [7, 11) is 0. The maximum atomic E-state index is 13.9. The van der Waals surface area contributed by atoms with Gasteiger partial charge in [0.05, 0.1) is 5.52 Å². The van der Waals surface area contributed by atoms with E-state index in [0.717, 1.165) is 52.4 Å². The van der Waals surface area contributed by atoms with E-state index < -0.39 is 0 Å². The summed E-state index contributed by atoms with van der Waals surface area (Å²) in [5.74, 6) is 0.271. The third kappa shape index (κ3) is 3.70. The third-order valence-corrected chi connectivity index (χ3v) is 5.48. The van der Waals surface area contributed by atoms with Gasteiger partial charge in [0.2, 0.25) is 0 Å². The van der Waals surface area contributed by atoms with Crippen molar-refractivity contribution in [3.63, 3.8) is 0 Å². The van der Waals surface area contributed by atoms with Crippen molar-refractivity contribution in [2.24, 2.45) is 0 Å². The average molecular weight is 385 g/mol. The smallest absolute Gasteiger partial charge is 0.134 e. The first-order chi connectivity index (χ1) is 14.1. The minimum Gasteiger partial charge on any atom is -0.383 e. The molecule has 1 aliphatic carbocycles. The zero-order valence-electron chi connectivity index (χ0n) is 16.7. The summed E-state index contributed by atoms with van der Waals surface area (Å²) >= 11 is 0. The van der Waals surface area contributed by atoms with Gasteiger partial charge in [0, 0.05) is 5.39 Å². The van der Waals surface area contributed by atoms with Crippen LogP contribution in [0.4, 0.5) is 10.2 Å². The quantitative estimate of drug-likeness (QED) is 0.591. The van der Waals surface area contributed by atoms with Crippen molar-refractivity contribution < 1.29 is 4.39 Å². The fraction of sp³-hybridized carbons (Fsp3) is 0.200. The Balaban J connectivity index is 1.96. The lowest BCUT2D eigenvalue weighted by molar-refractivity contribution is 0.625. The van der Waals surface area contributed by atoms with E-state index in [2.05, 4.69) is 48.1 Å². The molecule has 3 aromatic rings. The molecule has 4 rings (SSSR count). The minimum atomic E-state index is -0.198. The summed E-state index contributed by atoms with van der Waals surface area (Å²) in [6.07, 6.45) is 10.6. The van der Waals surface area contributed by atoms with Crippen LogP contribution in [0.15, 0.2) is 66.5 Å². The van der Waals surface area contributed by atoms with Gasteiger partial charge in [-0.1, -0.05) is 42.9 Å². The molecule has 2 aromatic carbocycles. The van der Waals surface area contributed by atoms with Gasteiger partial charge in [-0.25, -0.2) is 14.4 Å². The van der Waals surface area contributed by atoms with Crippen molar-refractivity contribution in [1.29, 1.82) is 0 Å². The number of aromatic nitrogens is 2. The average Bonchev–Trinajstić information content (AvgIpc) is 2.71. The highest BCUT2D eigenvalue weighted by Crippen LogP contribution is 2.39. The monoisotopic (exact) mass is 385 g/mol. The Morgan fingerprint density at radius 3 is 2.79 bits per heavy atom. The summed E-state index contributed by atoms with van der Waals surface area (Å²) < 4.78 is 13.9. The molecule has 0 radical (unpaired) electrons. The molecule has 0 fully saturated rings. The molecule has 29 heavy (non-hydrogen) atoms. The molecule has 0 spiro atoms. The molecule has 0 saturated heterocycles. The van der Waals surface area contributed by atoms with E-state index in [1.165, 1.54) is 17.5 Å². The van der Waals surface area contributed by atoms with Crippen LogP contribution in [0.2, 0.25) is 0 Å². The second kappa shape index (κ2) is 8.00. The van der Waals surface area contributed by atoms with Crippen molar-refractivity contribution in [2.45, 2.75) is 33.1 Å². The van der Waals surface area contributed by atoms with E-state index in [1.54, 1.807) is 12.1 Å². The van der Waals surface area contributed by atoms with Gasteiger partial charge in [-0.05, 0) is 78.3 Å². The highest BCUT2D eigenvalue weighted by atomic mass is 19.1. The fourth-order valence-electron chi connectivity index (χ4n) is 3.96. The van der Waals surface area contributed by atoms with Crippen molar-refractivity contribution in [3.05, 3.63) is 89.0 Å². The van der Waals surface area contributed by atoms with Gasteiger partial charge in [-0.3, -0.25) is 0 Å². The van der Waals surface area contributed by atoms with Gasteiger partial charge >= 0.3 is 0 Å². The van der Waals surface area contributed by atoms with Gasteiger partial charge in [0.1, 0.15) is 18.0 Å². The molecule has 2 N–H and O–H groups in total. The third-order valence-electron chi connectivity index (χ3n) is 5.48. The second-order valence-corrected chi connectivity index (χ2v) is 7.35. The highest BCUT2D eigenvalue weighted by molar-refractivity contribution is 6.08. The van der Waals surface area contributed by atoms with Crippen LogP contribution in [0, 0.1) is 5.82 Å². The lowest BCUT2D eigenvalue weighted by Crippen LogP contribution is -2.01. The van der Waals surface area contributed by atoms with Crippen molar-refractivity contribution in [2.75, 3.05) is 5.73 Å². The zero-order chi connectivity index (χ0) is 20.4. The number of aryl methyl sites for hydroxylation is 1. The van der Waals surface area contributed by atoms with Crippen LogP contribution in [-0.4, -0.2) is 9.97 Å². The molecule has 0 aliphatic heterocycles. The molecule has 3 nitrogen and oxygen atoms in total.